The molecule has 2 aliphatic heterocycles. The lowest BCUT2D eigenvalue weighted by molar-refractivity contribution is -0.00814. The van der Waals surface area contributed by atoms with Gasteiger partial charge in [0.2, 0.25) is 10.0 Å². The molecule has 7 nitrogen and oxygen atoms in total. The Morgan fingerprint density at radius 3 is 2.36 bits per heavy atom. The van der Waals surface area contributed by atoms with E-state index >= 15 is 0 Å². The minimum Gasteiger partial charge on any atom is -0.441 e. The van der Waals surface area contributed by atoms with Gasteiger partial charge in [-0.3, -0.25) is 4.90 Å². The van der Waals surface area contributed by atoms with E-state index in [0.29, 0.717) is 63.4 Å². The van der Waals surface area contributed by atoms with Crippen molar-refractivity contribution in [1.29, 1.82) is 0 Å². The highest BCUT2D eigenvalue weighted by atomic mass is 32.2. The summed E-state index contributed by atoms with van der Waals surface area (Å²) in [5.74, 6) is -2.95. The van der Waals surface area contributed by atoms with E-state index in [2.05, 4.69) is 17.0 Å². The number of carbonyl (C=O) groups excluding carboxylic acids is 1. The van der Waals surface area contributed by atoms with Gasteiger partial charge in [-0.05, 0) is 80.0 Å². The minimum absolute atomic E-state index is 0.399. The number of benzene rings is 3. The standard InChI is InChI=1S/C33H36F3N3O4S/c34-26-10-4-9-25(21-26)30-11-5-12-31(39(30)44(41,42)27-13-14-28(35)29(36)22-27)33(15-16-33)43-32(40)38-18-6-17-37(19-20-38)23-24-7-2-1-3-8-24/h1-4,7-10,13-14,21-22,30-31H,5-6,11-12,15-20,23H2/t30-,31+/m0/s1. The average Bonchev–Trinajstić information content (AvgIpc) is 3.83. The van der Waals surface area contributed by atoms with Crippen LogP contribution in [0.3, 0.4) is 0 Å². The number of ether oxygens (including phenoxy) is 1. The number of carbonyl (C=O) groups is 1. The molecule has 0 radical (unpaired) electrons. The maximum absolute atomic E-state index is 14.3. The first-order valence-corrected chi connectivity index (χ1v) is 16.6. The summed E-state index contributed by atoms with van der Waals surface area (Å²) in [4.78, 5) is 17.2. The molecule has 0 aromatic heterocycles. The molecule has 1 saturated carbocycles. The molecule has 1 amide bonds. The summed E-state index contributed by atoms with van der Waals surface area (Å²) in [5.41, 5.74) is 0.590. The van der Waals surface area contributed by atoms with Crippen molar-refractivity contribution in [2.45, 2.75) is 67.6 Å². The number of piperidine rings is 1. The Labute approximate surface area is 256 Å². The van der Waals surface area contributed by atoms with Crippen LogP contribution in [-0.2, 0) is 21.3 Å². The van der Waals surface area contributed by atoms with Gasteiger partial charge in [0.1, 0.15) is 11.4 Å². The van der Waals surface area contributed by atoms with Gasteiger partial charge in [-0.1, -0.05) is 42.5 Å². The summed E-state index contributed by atoms with van der Waals surface area (Å²) in [5, 5.41) is 0. The fraction of sp³-hybridized carbons (Fsp3) is 0.424. The van der Waals surface area contributed by atoms with Crippen LogP contribution >= 0.6 is 0 Å². The van der Waals surface area contributed by atoms with E-state index in [1.54, 1.807) is 11.0 Å². The largest absolute Gasteiger partial charge is 0.441 e. The molecule has 2 atom stereocenters. The van der Waals surface area contributed by atoms with Crippen LogP contribution in [-0.4, -0.2) is 66.4 Å². The van der Waals surface area contributed by atoms with Crippen LogP contribution in [0.15, 0.2) is 77.7 Å². The SMILES string of the molecule is O=C(OC1([C@H]2CCC[C@@H](c3cccc(F)c3)N2S(=O)(=O)c2ccc(F)c(F)c2)CC1)N1CCCN(Cc2ccccc2)CC1. The number of nitrogens with zero attached hydrogens (tertiary/aromatic N) is 3. The van der Waals surface area contributed by atoms with Crippen molar-refractivity contribution in [2.24, 2.45) is 0 Å². The van der Waals surface area contributed by atoms with Crippen molar-refractivity contribution in [1.82, 2.24) is 14.1 Å². The third-order valence-electron chi connectivity index (χ3n) is 9.01. The smallest absolute Gasteiger partial charge is 0.410 e. The van der Waals surface area contributed by atoms with E-state index in [9.17, 15) is 26.4 Å². The molecule has 44 heavy (non-hydrogen) atoms. The Morgan fingerprint density at radius 1 is 0.841 bits per heavy atom. The Hall–Kier alpha value is -3.41. The molecule has 3 aromatic rings. The highest BCUT2D eigenvalue weighted by Crippen LogP contribution is 2.52. The summed E-state index contributed by atoms with van der Waals surface area (Å²) in [6.45, 7) is 3.30. The highest BCUT2D eigenvalue weighted by molar-refractivity contribution is 7.89. The molecule has 0 bridgehead atoms. The van der Waals surface area contributed by atoms with E-state index in [1.807, 2.05) is 18.2 Å². The molecule has 2 saturated heterocycles. The van der Waals surface area contributed by atoms with Crippen LogP contribution in [0.1, 0.15) is 55.7 Å². The van der Waals surface area contributed by atoms with E-state index in [-0.39, 0.29) is 0 Å². The summed E-state index contributed by atoms with van der Waals surface area (Å²) in [6, 6.07) is 16.9. The van der Waals surface area contributed by atoms with Gasteiger partial charge in [-0.15, -0.1) is 0 Å². The van der Waals surface area contributed by atoms with Crippen molar-refractivity contribution in [3.63, 3.8) is 0 Å². The molecule has 0 unspecified atom stereocenters. The number of sulfonamides is 1. The number of amides is 1. The average molecular weight is 628 g/mol. The van der Waals surface area contributed by atoms with Crippen LogP contribution in [0.5, 0.6) is 0 Å². The Balaban J connectivity index is 1.25. The molecule has 3 fully saturated rings. The van der Waals surface area contributed by atoms with E-state index in [0.717, 1.165) is 31.6 Å². The van der Waals surface area contributed by atoms with Gasteiger partial charge in [0.25, 0.3) is 0 Å². The van der Waals surface area contributed by atoms with E-state index in [4.69, 9.17) is 4.74 Å². The lowest BCUT2D eigenvalue weighted by atomic mass is 9.90. The molecule has 2 heterocycles. The Kier molecular flexibility index (Phi) is 8.72. The van der Waals surface area contributed by atoms with Gasteiger partial charge < -0.3 is 9.64 Å². The first-order valence-electron chi connectivity index (χ1n) is 15.1. The molecule has 3 aromatic carbocycles. The Morgan fingerprint density at radius 2 is 1.64 bits per heavy atom. The normalized spacial score (nSPS) is 22.8. The van der Waals surface area contributed by atoms with Gasteiger partial charge in [-0.25, -0.2) is 26.4 Å². The number of hydrogen-bond donors (Lipinski definition) is 0. The molecule has 0 spiro atoms. The molecule has 3 aliphatic rings. The fourth-order valence-corrected chi connectivity index (χ4v) is 8.54. The molecule has 0 N–H and O–H groups in total. The summed E-state index contributed by atoms with van der Waals surface area (Å²) in [7, 11) is -4.41. The summed E-state index contributed by atoms with van der Waals surface area (Å²) in [6.07, 6.45) is 2.66. The lowest BCUT2D eigenvalue weighted by Gasteiger charge is -2.44. The minimum atomic E-state index is -4.41. The van der Waals surface area contributed by atoms with Crippen LogP contribution in [0.2, 0.25) is 0 Å². The summed E-state index contributed by atoms with van der Waals surface area (Å²) >= 11 is 0. The first kappa shape index (κ1) is 30.6. The number of halogens is 3. The van der Waals surface area contributed by atoms with Gasteiger partial charge in [0.05, 0.1) is 17.0 Å². The lowest BCUT2D eigenvalue weighted by Crippen LogP contribution is -2.54. The monoisotopic (exact) mass is 627 g/mol. The zero-order valence-electron chi connectivity index (χ0n) is 24.4. The van der Waals surface area contributed by atoms with Crippen molar-refractivity contribution < 1.29 is 31.1 Å². The molecule has 234 valence electrons. The second-order valence-corrected chi connectivity index (χ2v) is 13.8. The van der Waals surface area contributed by atoms with Crippen LogP contribution in [0, 0.1) is 17.5 Å². The van der Waals surface area contributed by atoms with Crippen molar-refractivity contribution in [2.75, 3.05) is 26.2 Å². The van der Waals surface area contributed by atoms with Crippen LogP contribution in [0.25, 0.3) is 0 Å². The van der Waals surface area contributed by atoms with Crippen LogP contribution < -0.4 is 0 Å². The third kappa shape index (κ3) is 6.36. The maximum Gasteiger partial charge on any atom is 0.410 e. The highest BCUT2D eigenvalue weighted by Gasteiger charge is 2.60. The number of hydrogen-bond acceptors (Lipinski definition) is 5. The maximum atomic E-state index is 14.3. The molecular formula is C33H36F3N3O4S. The van der Waals surface area contributed by atoms with Crippen molar-refractivity contribution in [3.8, 4) is 0 Å². The molecule has 1 aliphatic carbocycles. The quantitative estimate of drug-likeness (QED) is 0.309. The predicted molar refractivity (Wildman–Crippen MR) is 159 cm³/mol. The van der Waals surface area contributed by atoms with Crippen molar-refractivity contribution in [3.05, 3.63) is 101 Å². The second-order valence-electron chi connectivity index (χ2n) is 12.0. The van der Waals surface area contributed by atoms with Gasteiger partial charge in [0.15, 0.2) is 11.6 Å². The predicted octanol–water partition coefficient (Wildman–Crippen LogP) is 6.27. The van der Waals surface area contributed by atoms with Gasteiger partial charge in [-0.2, -0.15) is 4.31 Å². The summed E-state index contributed by atoms with van der Waals surface area (Å²) < 4.78 is 78.3. The zero-order chi connectivity index (χ0) is 30.9. The molecular weight excluding hydrogens is 591 g/mol. The van der Waals surface area contributed by atoms with Crippen LogP contribution in [0.4, 0.5) is 18.0 Å². The van der Waals surface area contributed by atoms with Gasteiger partial charge in [0, 0.05) is 32.7 Å². The topological polar surface area (TPSA) is 70.2 Å². The van der Waals surface area contributed by atoms with E-state index < -0.39 is 56.1 Å². The van der Waals surface area contributed by atoms with E-state index in [1.165, 1.54) is 28.1 Å². The van der Waals surface area contributed by atoms with Gasteiger partial charge >= 0.3 is 6.09 Å². The molecule has 11 heteroatoms. The first-order chi connectivity index (χ1) is 21.2. The zero-order valence-corrected chi connectivity index (χ0v) is 25.2. The fourth-order valence-electron chi connectivity index (χ4n) is 6.61. The number of rotatable bonds is 7. The Bertz CT molecular complexity index is 1600. The third-order valence-corrected chi connectivity index (χ3v) is 10.9. The second kappa shape index (κ2) is 12.5. The van der Waals surface area contributed by atoms with Crippen molar-refractivity contribution >= 4 is 16.1 Å². The molecule has 6 rings (SSSR count).